The molecule has 4 N–H and O–H groups in total. The van der Waals surface area contributed by atoms with Crippen molar-refractivity contribution in [1.82, 2.24) is 0 Å². The lowest BCUT2D eigenvalue weighted by Gasteiger charge is -2.09. The topological polar surface area (TPSA) is 106 Å². The van der Waals surface area contributed by atoms with Crippen LogP contribution in [0.5, 0.6) is 5.75 Å². The number of hydrogen-bond donors (Lipinski definition) is 3. The van der Waals surface area contributed by atoms with Crippen molar-refractivity contribution < 1.29 is 13.2 Å². The van der Waals surface area contributed by atoms with Crippen molar-refractivity contribution in [2.45, 2.75) is 13.8 Å². The molecule has 2 aromatic carbocycles. The molecule has 140 valence electrons. The van der Waals surface area contributed by atoms with E-state index >= 15 is 0 Å². The van der Waals surface area contributed by atoms with E-state index in [-0.39, 0.29) is 0 Å². The van der Waals surface area contributed by atoms with E-state index in [0.29, 0.717) is 30.5 Å². The summed E-state index contributed by atoms with van der Waals surface area (Å²) in [4.78, 5) is 4.22. The van der Waals surface area contributed by atoms with Crippen LogP contribution in [0.4, 0.5) is 11.4 Å². The lowest BCUT2D eigenvalue weighted by atomic mass is 10.1. The number of anilines is 2. The van der Waals surface area contributed by atoms with Crippen molar-refractivity contribution in [1.29, 1.82) is 0 Å². The summed E-state index contributed by atoms with van der Waals surface area (Å²) in [5.74, 6) is 0.860. The largest absolute Gasteiger partial charge is 0.492 e. The molecule has 2 aromatic rings. The molecular weight excluding hydrogens is 352 g/mol. The van der Waals surface area contributed by atoms with Crippen LogP contribution in [0.2, 0.25) is 0 Å². The Morgan fingerprint density at radius 3 is 2.58 bits per heavy atom. The van der Waals surface area contributed by atoms with E-state index in [1.165, 1.54) is 11.1 Å². The molecule has 0 aliphatic rings. The van der Waals surface area contributed by atoms with Crippen LogP contribution in [-0.4, -0.2) is 33.8 Å². The van der Waals surface area contributed by atoms with E-state index in [1.54, 1.807) is 24.3 Å². The molecule has 0 heterocycles. The first-order chi connectivity index (χ1) is 12.2. The fourth-order valence-corrected chi connectivity index (χ4v) is 2.75. The molecule has 7 nitrogen and oxygen atoms in total. The molecule has 0 saturated heterocycles. The van der Waals surface area contributed by atoms with Crippen LogP contribution < -0.4 is 20.5 Å². The van der Waals surface area contributed by atoms with Crippen LogP contribution in [-0.2, 0) is 10.0 Å². The number of nitrogens with two attached hydrogens (primary N) is 1. The van der Waals surface area contributed by atoms with Gasteiger partial charge in [-0.3, -0.25) is 4.72 Å². The minimum atomic E-state index is -3.32. The molecule has 0 spiro atoms. The number of guanidine groups is 1. The molecule has 0 fully saturated rings. The summed E-state index contributed by atoms with van der Waals surface area (Å²) < 4.78 is 30.5. The van der Waals surface area contributed by atoms with Crippen molar-refractivity contribution in [3.05, 3.63) is 53.6 Å². The Morgan fingerprint density at radius 2 is 1.88 bits per heavy atom. The molecule has 0 unspecified atom stereocenters. The van der Waals surface area contributed by atoms with E-state index < -0.39 is 10.0 Å². The maximum Gasteiger partial charge on any atom is 0.229 e. The number of nitrogens with one attached hydrogen (secondary N) is 2. The van der Waals surface area contributed by atoms with Crippen molar-refractivity contribution in [2.75, 3.05) is 29.4 Å². The number of aliphatic imine (C=N–C) groups is 1. The summed E-state index contributed by atoms with van der Waals surface area (Å²) in [5.41, 5.74) is 9.60. The molecule has 0 radical (unpaired) electrons. The second-order valence-electron chi connectivity index (χ2n) is 5.94. The van der Waals surface area contributed by atoms with Gasteiger partial charge < -0.3 is 15.8 Å². The van der Waals surface area contributed by atoms with E-state index in [4.69, 9.17) is 10.5 Å². The Labute approximate surface area is 154 Å². The predicted octanol–water partition coefficient (Wildman–Crippen LogP) is 2.48. The van der Waals surface area contributed by atoms with E-state index in [1.807, 2.05) is 32.0 Å². The smallest absolute Gasteiger partial charge is 0.229 e. The standard InChI is InChI=1S/C18H24N4O3S/c1-13-7-8-15(11-14(13)2)21-18(19)20-9-10-25-17-6-4-5-16(12-17)22-26(3,23)24/h4-8,11-12,22H,9-10H2,1-3H3,(H3,19,20,21). The molecule has 2 rings (SSSR count). The Bertz CT molecular complexity index is 895. The van der Waals surface area contributed by atoms with Crippen LogP contribution >= 0.6 is 0 Å². The Kier molecular flexibility index (Phi) is 6.46. The normalized spacial score (nSPS) is 11.9. The number of aryl methyl sites for hydroxylation is 2. The number of hydrogen-bond acceptors (Lipinski definition) is 4. The quantitative estimate of drug-likeness (QED) is 0.391. The monoisotopic (exact) mass is 376 g/mol. The second kappa shape index (κ2) is 8.57. The van der Waals surface area contributed by atoms with Crippen molar-refractivity contribution in [3.63, 3.8) is 0 Å². The zero-order valence-corrected chi connectivity index (χ0v) is 15.9. The van der Waals surface area contributed by atoms with Gasteiger partial charge in [-0.15, -0.1) is 0 Å². The van der Waals surface area contributed by atoms with E-state index in [0.717, 1.165) is 11.9 Å². The van der Waals surface area contributed by atoms with Gasteiger partial charge in [0.25, 0.3) is 0 Å². The first kappa shape index (κ1) is 19.6. The molecule has 0 bridgehead atoms. The fraction of sp³-hybridized carbons (Fsp3) is 0.278. The first-order valence-electron chi connectivity index (χ1n) is 8.08. The zero-order chi connectivity index (χ0) is 19.2. The molecule has 26 heavy (non-hydrogen) atoms. The third-order valence-corrected chi connectivity index (χ3v) is 4.17. The zero-order valence-electron chi connectivity index (χ0n) is 15.1. The molecular formula is C18H24N4O3S. The molecule has 0 saturated carbocycles. The highest BCUT2D eigenvalue weighted by Gasteiger charge is 2.03. The van der Waals surface area contributed by atoms with E-state index in [9.17, 15) is 8.42 Å². The number of nitrogens with zero attached hydrogens (tertiary/aromatic N) is 1. The second-order valence-corrected chi connectivity index (χ2v) is 7.69. The lowest BCUT2D eigenvalue weighted by Crippen LogP contribution is -2.23. The average Bonchev–Trinajstić information content (AvgIpc) is 2.54. The van der Waals surface area contributed by atoms with Gasteiger partial charge in [-0.1, -0.05) is 12.1 Å². The third-order valence-electron chi connectivity index (χ3n) is 3.56. The predicted molar refractivity (Wildman–Crippen MR) is 106 cm³/mol. The molecule has 0 amide bonds. The van der Waals surface area contributed by atoms with Crippen LogP contribution in [0.3, 0.4) is 0 Å². The van der Waals surface area contributed by atoms with Gasteiger partial charge in [0, 0.05) is 11.8 Å². The summed E-state index contributed by atoms with van der Waals surface area (Å²) in [6.45, 7) is 4.77. The number of sulfonamides is 1. The van der Waals surface area contributed by atoms with Crippen LogP contribution in [0.25, 0.3) is 0 Å². The average molecular weight is 376 g/mol. The highest BCUT2D eigenvalue weighted by Crippen LogP contribution is 2.18. The van der Waals surface area contributed by atoms with Gasteiger partial charge in [0.2, 0.25) is 10.0 Å². The van der Waals surface area contributed by atoms with Gasteiger partial charge in [0.1, 0.15) is 12.4 Å². The van der Waals surface area contributed by atoms with Crippen molar-refractivity contribution in [2.24, 2.45) is 10.7 Å². The maximum absolute atomic E-state index is 11.2. The van der Waals surface area contributed by atoms with Gasteiger partial charge in [0.15, 0.2) is 5.96 Å². The molecule has 0 aromatic heterocycles. The van der Waals surface area contributed by atoms with Crippen molar-refractivity contribution in [3.8, 4) is 5.75 Å². The highest BCUT2D eigenvalue weighted by atomic mass is 32.2. The van der Waals surface area contributed by atoms with Crippen molar-refractivity contribution >= 4 is 27.4 Å². The Hall–Kier alpha value is -2.74. The number of ether oxygens (including phenoxy) is 1. The van der Waals surface area contributed by atoms with Gasteiger partial charge in [-0.25, -0.2) is 13.4 Å². The highest BCUT2D eigenvalue weighted by molar-refractivity contribution is 7.92. The first-order valence-corrected chi connectivity index (χ1v) is 9.97. The summed E-state index contributed by atoms with van der Waals surface area (Å²) in [6, 6.07) is 12.7. The van der Waals surface area contributed by atoms with Gasteiger partial charge in [-0.2, -0.15) is 0 Å². The number of benzene rings is 2. The lowest BCUT2D eigenvalue weighted by molar-refractivity contribution is 0.329. The van der Waals surface area contributed by atoms with Gasteiger partial charge in [-0.05, 0) is 49.2 Å². The molecule has 8 heteroatoms. The summed E-state index contributed by atoms with van der Waals surface area (Å²) in [7, 11) is -3.32. The molecule has 0 aliphatic heterocycles. The molecule has 0 atom stereocenters. The SMILES string of the molecule is Cc1ccc(NC(N)=NCCOc2cccc(NS(C)(=O)=O)c2)cc1C. The van der Waals surface area contributed by atoms with Crippen LogP contribution in [0.15, 0.2) is 47.5 Å². The van der Waals surface area contributed by atoms with Gasteiger partial charge in [0.05, 0.1) is 18.5 Å². The number of rotatable bonds is 7. The Balaban J connectivity index is 1.84. The third kappa shape index (κ3) is 6.64. The van der Waals surface area contributed by atoms with E-state index in [2.05, 4.69) is 15.0 Å². The fourth-order valence-electron chi connectivity index (χ4n) is 2.20. The summed E-state index contributed by atoms with van der Waals surface area (Å²) >= 11 is 0. The summed E-state index contributed by atoms with van der Waals surface area (Å²) in [6.07, 6.45) is 1.10. The minimum Gasteiger partial charge on any atom is -0.492 e. The van der Waals surface area contributed by atoms with Crippen LogP contribution in [0.1, 0.15) is 11.1 Å². The Morgan fingerprint density at radius 1 is 1.12 bits per heavy atom. The minimum absolute atomic E-state index is 0.310. The van der Waals surface area contributed by atoms with Gasteiger partial charge >= 0.3 is 0 Å². The van der Waals surface area contributed by atoms with Crippen LogP contribution in [0, 0.1) is 13.8 Å². The maximum atomic E-state index is 11.2. The molecule has 0 aliphatic carbocycles. The summed E-state index contributed by atoms with van der Waals surface area (Å²) in [5, 5.41) is 3.04.